The third-order valence-corrected chi connectivity index (χ3v) is 2.62. The maximum Gasteiger partial charge on any atom is 0.129 e. The van der Waals surface area contributed by atoms with Gasteiger partial charge in [-0.1, -0.05) is 6.92 Å². The van der Waals surface area contributed by atoms with E-state index in [1.807, 2.05) is 6.07 Å². The van der Waals surface area contributed by atoms with Crippen molar-refractivity contribution in [1.82, 2.24) is 9.97 Å². The summed E-state index contributed by atoms with van der Waals surface area (Å²) in [6.07, 6.45) is 5.23. The van der Waals surface area contributed by atoms with Crippen LogP contribution in [-0.4, -0.2) is 29.2 Å². The Hall–Kier alpha value is -1.16. The Morgan fingerprint density at radius 3 is 3.20 bits per heavy atom. The van der Waals surface area contributed by atoms with Crippen LogP contribution in [0.4, 0.5) is 5.82 Å². The highest BCUT2D eigenvalue weighted by atomic mass is 16.5. The van der Waals surface area contributed by atoms with E-state index in [1.165, 1.54) is 6.42 Å². The van der Waals surface area contributed by atoms with E-state index < -0.39 is 0 Å². The molecule has 1 atom stereocenters. The second-order valence-corrected chi connectivity index (χ2v) is 3.76. The van der Waals surface area contributed by atoms with E-state index in [-0.39, 0.29) is 0 Å². The number of nitrogens with zero attached hydrogens (tertiary/aromatic N) is 2. The fraction of sp³-hybridized carbons (Fsp3) is 0.636. The first-order valence-electron chi connectivity index (χ1n) is 5.55. The minimum absolute atomic E-state index is 0.352. The number of anilines is 1. The van der Waals surface area contributed by atoms with Gasteiger partial charge in [0.15, 0.2) is 0 Å². The first-order valence-corrected chi connectivity index (χ1v) is 5.55. The van der Waals surface area contributed by atoms with E-state index in [4.69, 9.17) is 4.74 Å². The lowest BCUT2D eigenvalue weighted by atomic mass is 10.2. The van der Waals surface area contributed by atoms with Gasteiger partial charge in [-0.05, 0) is 19.3 Å². The Morgan fingerprint density at radius 1 is 1.53 bits per heavy atom. The maximum atomic E-state index is 5.53. The number of nitrogens with one attached hydrogen (secondary N) is 1. The summed E-state index contributed by atoms with van der Waals surface area (Å²) in [5.41, 5.74) is 1.07. The molecule has 2 rings (SSSR count). The third-order valence-electron chi connectivity index (χ3n) is 2.62. The molecule has 1 aromatic rings. The molecule has 0 amide bonds. The Bertz CT molecular complexity index is 310. The normalized spacial score (nSPS) is 20.5. The van der Waals surface area contributed by atoms with E-state index in [1.54, 1.807) is 6.33 Å². The molecule has 4 heteroatoms. The van der Waals surface area contributed by atoms with Crippen molar-refractivity contribution in [3.63, 3.8) is 0 Å². The van der Waals surface area contributed by atoms with Gasteiger partial charge in [0.2, 0.25) is 0 Å². The minimum Gasteiger partial charge on any atom is -0.376 e. The first-order chi connectivity index (χ1) is 7.38. The highest BCUT2D eigenvalue weighted by Gasteiger charge is 2.14. The molecule has 1 saturated heterocycles. The summed E-state index contributed by atoms with van der Waals surface area (Å²) in [5.74, 6) is 0.900. The summed E-state index contributed by atoms with van der Waals surface area (Å²) in [6, 6.07) is 1.99. The monoisotopic (exact) mass is 207 g/mol. The van der Waals surface area contributed by atoms with Gasteiger partial charge >= 0.3 is 0 Å². The lowest BCUT2D eigenvalue weighted by Gasteiger charge is -2.11. The number of aromatic nitrogens is 2. The van der Waals surface area contributed by atoms with E-state index in [9.17, 15) is 0 Å². The Labute approximate surface area is 90.1 Å². The molecule has 15 heavy (non-hydrogen) atoms. The van der Waals surface area contributed by atoms with Gasteiger partial charge < -0.3 is 10.1 Å². The highest BCUT2D eigenvalue weighted by molar-refractivity contribution is 5.34. The molecule has 0 saturated carbocycles. The summed E-state index contributed by atoms with van der Waals surface area (Å²) in [6.45, 7) is 3.84. The molecule has 0 spiro atoms. The number of rotatable bonds is 4. The lowest BCUT2D eigenvalue weighted by Crippen LogP contribution is -2.19. The molecular weight excluding hydrogens is 190 g/mol. The molecule has 1 fully saturated rings. The number of hydrogen-bond donors (Lipinski definition) is 1. The van der Waals surface area contributed by atoms with Crippen LogP contribution >= 0.6 is 0 Å². The molecule has 0 bridgehead atoms. The molecular formula is C11H17N3O. The number of hydrogen-bond acceptors (Lipinski definition) is 4. The van der Waals surface area contributed by atoms with Crippen molar-refractivity contribution in [3.05, 3.63) is 18.1 Å². The average molecular weight is 207 g/mol. The van der Waals surface area contributed by atoms with Crippen LogP contribution in [0.2, 0.25) is 0 Å². The van der Waals surface area contributed by atoms with Crippen LogP contribution in [0.5, 0.6) is 0 Å². The average Bonchev–Trinajstić information content (AvgIpc) is 2.79. The Kier molecular flexibility index (Phi) is 3.50. The van der Waals surface area contributed by atoms with E-state index >= 15 is 0 Å². The zero-order valence-corrected chi connectivity index (χ0v) is 9.07. The first kappa shape index (κ1) is 10.4. The van der Waals surface area contributed by atoms with Crippen LogP contribution in [0.15, 0.2) is 12.4 Å². The van der Waals surface area contributed by atoms with Crippen molar-refractivity contribution >= 4 is 5.82 Å². The summed E-state index contributed by atoms with van der Waals surface area (Å²) < 4.78 is 5.53. The van der Waals surface area contributed by atoms with Gasteiger partial charge in [-0.15, -0.1) is 0 Å². The SMILES string of the molecule is CCc1cc(NCC2CCCO2)ncn1. The zero-order valence-electron chi connectivity index (χ0n) is 9.07. The summed E-state index contributed by atoms with van der Waals surface area (Å²) in [4.78, 5) is 8.33. The van der Waals surface area contributed by atoms with Crippen molar-refractivity contribution in [2.45, 2.75) is 32.3 Å². The van der Waals surface area contributed by atoms with E-state index in [0.717, 1.165) is 37.5 Å². The molecule has 0 aromatic carbocycles. The molecule has 1 aliphatic rings. The molecule has 1 unspecified atom stereocenters. The summed E-state index contributed by atoms with van der Waals surface area (Å²) >= 11 is 0. The molecule has 1 aliphatic heterocycles. The molecule has 1 N–H and O–H groups in total. The van der Waals surface area contributed by atoms with Gasteiger partial charge in [-0.3, -0.25) is 0 Å². The van der Waals surface area contributed by atoms with Gasteiger partial charge in [0, 0.05) is 24.9 Å². The lowest BCUT2D eigenvalue weighted by molar-refractivity contribution is 0.120. The minimum atomic E-state index is 0.352. The third kappa shape index (κ3) is 2.89. The summed E-state index contributed by atoms with van der Waals surface area (Å²) in [5, 5.41) is 3.29. The van der Waals surface area contributed by atoms with Crippen molar-refractivity contribution in [3.8, 4) is 0 Å². The fourth-order valence-electron chi connectivity index (χ4n) is 1.71. The van der Waals surface area contributed by atoms with Crippen molar-refractivity contribution in [2.24, 2.45) is 0 Å². The second-order valence-electron chi connectivity index (χ2n) is 3.76. The van der Waals surface area contributed by atoms with Crippen LogP contribution in [-0.2, 0) is 11.2 Å². The predicted octanol–water partition coefficient (Wildman–Crippen LogP) is 1.63. The fourth-order valence-corrected chi connectivity index (χ4v) is 1.71. The van der Waals surface area contributed by atoms with E-state index in [0.29, 0.717) is 6.10 Å². The molecule has 0 radical (unpaired) electrons. The molecule has 82 valence electrons. The standard InChI is InChI=1S/C11H17N3O/c1-2-9-6-11(14-8-13-9)12-7-10-4-3-5-15-10/h6,8,10H,2-5,7H2,1H3,(H,12,13,14). The highest BCUT2D eigenvalue weighted by Crippen LogP contribution is 2.13. The summed E-state index contributed by atoms with van der Waals surface area (Å²) in [7, 11) is 0. The van der Waals surface area contributed by atoms with Crippen molar-refractivity contribution < 1.29 is 4.74 Å². The topological polar surface area (TPSA) is 47.0 Å². The Morgan fingerprint density at radius 2 is 2.47 bits per heavy atom. The molecule has 0 aliphatic carbocycles. The largest absolute Gasteiger partial charge is 0.376 e. The van der Waals surface area contributed by atoms with Crippen LogP contribution in [0.25, 0.3) is 0 Å². The zero-order chi connectivity index (χ0) is 10.5. The van der Waals surface area contributed by atoms with Gasteiger partial charge in [-0.2, -0.15) is 0 Å². The second kappa shape index (κ2) is 5.07. The van der Waals surface area contributed by atoms with E-state index in [2.05, 4.69) is 22.2 Å². The quantitative estimate of drug-likeness (QED) is 0.815. The molecule has 4 nitrogen and oxygen atoms in total. The van der Waals surface area contributed by atoms with Gasteiger partial charge in [0.05, 0.1) is 6.10 Å². The van der Waals surface area contributed by atoms with Gasteiger partial charge in [-0.25, -0.2) is 9.97 Å². The van der Waals surface area contributed by atoms with Crippen LogP contribution in [0, 0.1) is 0 Å². The van der Waals surface area contributed by atoms with Crippen LogP contribution in [0.1, 0.15) is 25.5 Å². The van der Waals surface area contributed by atoms with Crippen LogP contribution in [0.3, 0.4) is 0 Å². The smallest absolute Gasteiger partial charge is 0.129 e. The Balaban J connectivity index is 1.86. The van der Waals surface area contributed by atoms with Gasteiger partial charge in [0.1, 0.15) is 12.1 Å². The number of aryl methyl sites for hydroxylation is 1. The van der Waals surface area contributed by atoms with Crippen LogP contribution < -0.4 is 5.32 Å². The molecule has 2 heterocycles. The van der Waals surface area contributed by atoms with Crippen molar-refractivity contribution in [2.75, 3.05) is 18.5 Å². The van der Waals surface area contributed by atoms with Crippen molar-refractivity contribution in [1.29, 1.82) is 0 Å². The maximum absolute atomic E-state index is 5.53. The van der Waals surface area contributed by atoms with Gasteiger partial charge in [0.25, 0.3) is 0 Å². The number of ether oxygens (including phenoxy) is 1. The molecule has 1 aromatic heterocycles. The predicted molar refractivity (Wildman–Crippen MR) is 58.9 cm³/mol.